The normalized spacial score (nSPS) is 13.2. The number of carbonyl (C=O) groups excluding carboxylic acids is 1. The van der Waals surface area contributed by atoms with E-state index in [4.69, 9.17) is 9.88 Å². The van der Waals surface area contributed by atoms with Crippen molar-refractivity contribution in [2.75, 3.05) is 13.7 Å². The van der Waals surface area contributed by atoms with E-state index in [2.05, 4.69) is 4.99 Å². The molecule has 0 saturated heterocycles. The van der Waals surface area contributed by atoms with Crippen LogP contribution in [0, 0.1) is 0 Å². The van der Waals surface area contributed by atoms with Crippen molar-refractivity contribution in [2.45, 2.75) is 17.6 Å². The second-order valence-electron chi connectivity index (χ2n) is 6.20. The molecule has 1 amide bonds. The fourth-order valence-electron chi connectivity index (χ4n) is 2.69. The Bertz CT molecular complexity index is 1280. The number of amides is 1. The zero-order valence-corrected chi connectivity index (χ0v) is 17.1. The van der Waals surface area contributed by atoms with Gasteiger partial charge in [0, 0.05) is 19.2 Å². The van der Waals surface area contributed by atoms with Crippen molar-refractivity contribution in [1.82, 2.24) is 4.57 Å². The average molecular weight is 459 g/mol. The monoisotopic (exact) mass is 459 g/mol. The summed E-state index contributed by atoms with van der Waals surface area (Å²) in [6, 6.07) is 8.18. The fourth-order valence-corrected chi connectivity index (χ4v) is 4.40. The van der Waals surface area contributed by atoms with Crippen molar-refractivity contribution < 1.29 is 31.1 Å². The van der Waals surface area contributed by atoms with Crippen molar-refractivity contribution in [2.24, 2.45) is 10.1 Å². The Labute approximate surface area is 173 Å². The zero-order valence-electron chi connectivity index (χ0n) is 15.5. The summed E-state index contributed by atoms with van der Waals surface area (Å²) < 4.78 is 69.1. The number of benzene rings is 2. The van der Waals surface area contributed by atoms with Gasteiger partial charge in [0.15, 0.2) is 4.80 Å². The van der Waals surface area contributed by atoms with E-state index in [1.807, 2.05) is 0 Å². The first kappa shape index (κ1) is 22.2. The first-order valence-electron chi connectivity index (χ1n) is 8.42. The van der Waals surface area contributed by atoms with Gasteiger partial charge in [-0.2, -0.15) is 18.2 Å². The summed E-state index contributed by atoms with van der Waals surface area (Å²) in [6.45, 7) is 0.563. The first-order valence-corrected chi connectivity index (χ1v) is 10.8. The number of carbonyl (C=O) groups is 1. The molecule has 0 saturated carbocycles. The van der Waals surface area contributed by atoms with Crippen molar-refractivity contribution >= 4 is 37.5 Å². The third kappa shape index (κ3) is 4.78. The number of methoxy groups -OCH3 is 1. The summed E-state index contributed by atoms with van der Waals surface area (Å²) in [5.41, 5.74) is -0.587. The number of fused-ring (bicyclic) bond motifs is 1. The number of thiazole rings is 1. The maximum atomic E-state index is 12.9. The maximum absolute atomic E-state index is 12.9. The summed E-state index contributed by atoms with van der Waals surface area (Å²) in [5, 5.41) is 5.16. The minimum atomic E-state index is -4.59. The van der Waals surface area contributed by atoms with E-state index in [1.165, 1.54) is 31.4 Å². The van der Waals surface area contributed by atoms with Crippen LogP contribution in [0.5, 0.6) is 0 Å². The highest BCUT2D eigenvalue weighted by atomic mass is 32.2. The topological polar surface area (TPSA) is 104 Å². The number of primary sulfonamides is 1. The standard InChI is InChI=1S/C18H16F3N3O4S2/c1-28-8-7-24-14-6-5-13(30(22,26)27)10-15(14)29-17(24)23-16(25)11-3-2-4-12(9-11)18(19,20)21/h2-6,9-10H,7-8H2,1H3,(H2,22,26,27). The van der Waals surface area contributed by atoms with Gasteiger partial charge < -0.3 is 9.30 Å². The van der Waals surface area contributed by atoms with Crippen LogP contribution in [0.3, 0.4) is 0 Å². The smallest absolute Gasteiger partial charge is 0.383 e. The number of hydrogen-bond acceptors (Lipinski definition) is 5. The Morgan fingerprint density at radius 2 is 1.97 bits per heavy atom. The van der Waals surface area contributed by atoms with Gasteiger partial charge in [-0.25, -0.2) is 13.6 Å². The predicted molar refractivity (Wildman–Crippen MR) is 104 cm³/mol. The molecule has 0 radical (unpaired) electrons. The van der Waals surface area contributed by atoms with E-state index < -0.39 is 27.7 Å². The molecular weight excluding hydrogens is 443 g/mol. The Balaban J connectivity index is 2.13. The van der Waals surface area contributed by atoms with E-state index in [0.717, 1.165) is 29.5 Å². The van der Waals surface area contributed by atoms with Crippen molar-refractivity contribution in [3.05, 3.63) is 58.4 Å². The van der Waals surface area contributed by atoms with Crippen LogP contribution >= 0.6 is 11.3 Å². The van der Waals surface area contributed by atoms with Crippen LogP contribution in [-0.4, -0.2) is 32.6 Å². The molecule has 2 N–H and O–H groups in total. The Morgan fingerprint density at radius 3 is 2.60 bits per heavy atom. The number of sulfonamides is 1. The molecule has 12 heteroatoms. The molecule has 2 aromatic carbocycles. The summed E-state index contributed by atoms with van der Waals surface area (Å²) in [7, 11) is -2.45. The highest BCUT2D eigenvalue weighted by molar-refractivity contribution is 7.89. The van der Waals surface area contributed by atoms with Crippen LogP contribution in [0.1, 0.15) is 15.9 Å². The third-order valence-electron chi connectivity index (χ3n) is 4.14. The number of aromatic nitrogens is 1. The van der Waals surface area contributed by atoms with E-state index >= 15 is 0 Å². The van der Waals surface area contributed by atoms with Gasteiger partial charge in [-0.3, -0.25) is 4.79 Å². The van der Waals surface area contributed by atoms with Crippen LogP contribution in [0.25, 0.3) is 10.2 Å². The molecule has 0 aliphatic heterocycles. The Hall–Kier alpha value is -2.54. The molecule has 0 atom stereocenters. The first-order chi connectivity index (χ1) is 14.0. The molecule has 7 nitrogen and oxygen atoms in total. The van der Waals surface area contributed by atoms with E-state index in [1.54, 1.807) is 4.57 Å². The molecule has 30 heavy (non-hydrogen) atoms. The number of rotatable bonds is 5. The fraction of sp³-hybridized carbons (Fsp3) is 0.222. The Morgan fingerprint density at radius 1 is 1.23 bits per heavy atom. The number of nitrogens with two attached hydrogens (primary N) is 1. The van der Waals surface area contributed by atoms with Crippen LogP contribution in [0.15, 0.2) is 52.4 Å². The molecule has 0 fully saturated rings. The zero-order chi connectivity index (χ0) is 22.1. The van der Waals surface area contributed by atoms with Gasteiger partial charge in [0.1, 0.15) is 0 Å². The number of halogens is 3. The lowest BCUT2D eigenvalue weighted by molar-refractivity contribution is -0.137. The summed E-state index contributed by atoms with van der Waals surface area (Å²) in [5.74, 6) is -0.856. The second kappa shape index (κ2) is 8.30. The van der Waals surface area contributed by atoms with Crippen molar-refractivity contribution in [1.29, 1.82) is 0 Å². The molecule has 1 heterocycles. The summed E-state index contributed by atoms with van der Waals surface area (Å²) in [4.78, 5) is 16.6. The lowest BCUT2D eigenvalue weighted by Crippen LogP contribution is -2.19. The van der Waals surface area contributed by atoms with Crippen molar-refractivity contribution in [3.63, 3.8) is 0 Å². The number of nitrogens with zero attached hydrogens (tertiary/aromatic N) is 2. The lowest BCUT2D eigenvalue weighted by Gasteiger charge is -2.07. The quantitative estimate of drug-likeness (QED) is 0.634. The molecule has 3 aromatic rings. The van der Waals surface area contributed by atoms with Crippen LogP contribution < -0.4 is 9.94 Å². The Kier molecular flexibility index (Phi) is 6.13. The van der Waals surface area contributed by atoms with Gasteiger partial charge in [0.25, 0.3) is 5.91 Å². The highest BCUT2D eigenvalue weighted by Crippen LogP contribution is 2.29. The lowest BCUT2D eigenvalue weighted by atomic mass is 10.1. The SMILES string of the molecule is COCCn1c(=NC(=O)c2cccc(C(F)(F)F)c2)sc2cc(S(N)(=O)=O)ccc21. The number of alkyl halides is 3. The number of hydrogen-bond donors (Lipinski definition) is 1. The van der Waals surface area contributed by atoms with E-state index in [9.17, 15) is 26.4 Å². The molecule has 3 rings (SSSR count). The van der Waals surface area contributed by atoms with Gasteiger partial charge in [-0.1, -0.05) is 17.4 Å². The molecule has 1 aromatic heterocycles. The molecule has 160 valence electrons. The number of ether oxygens (including phenoxy) is 1. The van der Waals surface area contributed by atoms with Gasteiger partial charge in [-0.05, 0) is 36.4 Å². The molecule has 0 bridgehead atoms. The van der Waals surface area contributed by atoms with Crippen LogP contribution in [0.4, 0.5) is 13.2 Å². The van der Waals surface area contributed by atoms with Gasteiger partial charge in [-0.15, -0.1) is 0 Å². The second-order valence-corrected chi connectivity index (χ2v) is 8.77. The van der Waals surface area contributed by atoms with E-state index in [-0.39, 0.29) is 21.9 Å². The van der Waals surface area contributed by atoms with Crippen LogP contribution in [-0.2, 0) is 27.5 Å². The maximum Gasteiger partial charge on any atom is 0.416 e. The molecule has 0 aliphatic carbocycles. The molecular formula is C18H16F3N3O4S2. The minimum absolute atomic E-state index is 0.106. The average Bonchev–Trinajstić information content (AvgIpc) is 3.01. The minimum Gasteiger partial charge on any atom is -0.383 e. The van der Waals surface area contributed by atoms with E-state index in [0.29, 0.717) is 16.8 Å². The third-order valence-corrected chi connectivity index (χ3v) is 6.09. The molecule has 0 aliphatic rings. The molecule has 0 unspecified atom stereocenters. The highest BCUT2D eigenvalue weighted by Gasteiger charge is 2.30. The predicted octanol–water partition coefficient (Wildman–Crippen LogP) is 2.76. The van der Waals surface area contributed by atoms with Gasteiger partial charge in [0.05, 0.1) is 27.3 Å². The van der Waals surface area contributed by atoms with Gasteiger partial charge >= 0.3 is 6.18 Å². The largest absolute Gasteiger partial charge is 0.416 e. The van der Waals surface area contributed by atoms with Gasteiger partial charge in [0.2, 0.25) is 10.0 Å². The summed E-state index contributed by atoms with van der Waals surface area (Å²) in [6.07, 6.45) is -4.59. The van der Waals surface area contributed by atoms with Crippen LogP contribution in [0.2, 0.25) is 0 Å². The van der Waals surface area contributed by atoms with Crippen molar-refractivity contribution in [3.8, 4) is 0 Å². The molecule has 0 spiro atoms. The summed E-state index contributed by atoms with van der Waals surface area (Å²) >= 11 is 1.02.